The molecule has 0 amide bonds. The molecule has 0 radical (unpaired) electrons. The van der Waals surface area contributed by atoms with E-state index in [0.29, 0.717) is 23.0 Å². The lowest BCUT2D eigenvalue weighted by molar-refractivity contribution is -0.0641. The lowest BCUT2D eigenvalue weighted by Crippen LogP contribution is -2.51. The first-order chi connectivity index (χ1) is 29.1. The van der Waals surface area contributed by atoms with Gasteiger partial charge in [0, 0.05) is 19.8 Å². The molecule has 0 aromatic heterocycles. The molecule has 0 aliphatic heterocycles. The summed E-state index contributed by atoms with van der Waals surface area (Å²) in [5, 5.41) is 0. The minimum Gasteiger partial charge on any atom is -0.380 e. The molecule has 4 aliphatic carbocycles. The van der Waals surface area contributed by atoms with Gasteiger partial charge in [0.05, 0.1) is 25.4 Å². The summed E-state index contributed by atoms with van der Waals surface area (Å²) in [4.78, 5) is 2.26. The van der Waals surface area contributed by atoms with Gasteiger partial charge in [0.15, 0.2) is 0 Å². The van der Waals surface area contributed by atoms with E-state index in [1.54, 1.807) is 5.57 Å². The molecule has 3 saturated carbocycles. The van der Waals surface area contributed by atoms with E-state index in [2.05, 4.69) is 78.8 Å². The average molecular weight is 838 g/mol. The summed E-state index contributed by atoms with van der Waals surface area (Å²) >= 11 is 0. The van der Waals surface area contributed by atoms with E-state index >= 15 is 0 Å². The van der Waals surface area contributed by atoms with Crippen LogP contribution in [0.4, 0.5) is 0 Å². The summed E-state index contributed by atoms with van der Waals surface area (Å²) in [5.74, 6) is 5.48. The molecule has 9 atom stereocenters. The molecule has 0 unspecified atom stereocenters. The van der Waals surface area contributed by atoms with E-state index in [1.807, 2.05) is 0 Å². The number of hydrogen-bond acceptors (Lipinski definition) is 4. The first-order valence-corrected chi connectivity index (χ1v) is 26.9. The van der Waals surface area contributed by atoms with Crippen molar-refractivity contribution >= 4 is 0 Å². The molecule has 4 aliphatic rings. The number of ether oxygens (including phenoxy) is 3. The van der Waals surface area contributed by atoms with Crippen LogP contribution in [0, 0.1) is 46.3 Å². The number of rotatable bonds is 34. The van der Waals surface area contributed by atoms with Gasteiger partial charge in [-0.1, -0.05) is 155 Å². The van der Waals surface area contributed by atoms with Crippen LogP contribution >= 0.6 is 0 Å². The lowest BCUT2D eigenvalue weighted by atomic mass is 9.47. The van der Waals surface area contributed by atoms with Crippen LogP contribution in [0.1, 0.15) is 228 Å². The maximum absolute atomic E-state index is 6.59. The summed E-state index contributed by atoms with van der Waals surface area (Å²) in [6.45, 7) is 19.3. The Morgan fingerprint density at radius 1 is 0.667 bits per heavy atom. The van der Waals surface area contributed by atoms with Gasteiger partial charge in [0.25, 0.3) is 0 Å². The minimum absolute atomic E-state index is 0.335. The van der Waals surface area contributed by atoms with Crippen molar-refractivity contribution in [2.45, 2.75) is 240 Å². The number of nitrogens with zero attached hydrogens (tertiary/aromatic N) is 1. The van der Waals surface area contributed by atoms with Crippen molar-refractivity contribution in [3.63, 3.8) is 0 Å². The highest BCUT2D eigenvalue weighted by atomic mass is 16.5. The summed E-state index contributed by atoms with van der Waals surface area (Å²) < 4.78 is 18.8. The van der Waals surface area contributed by atoms with Crippen molar-refractivity contribution in [2.75, 3.05) is 47.1 Å². The van der Waals surface area contributed by atoms with Crippen molar-refractivity contribution < 1.29 is 14.2 Å². The van der Waals surface area contributed by atoms with Gasteiger partial charge >= 0.3 is 0 Å². The number of hydrogen-bond donors (Lipinski definition) is 0. The highest BCUT2D eigenvalue weighted by Gasteiger charge is 2.59. The Hall–Kier alpha value is -0.680. The van der Waals surface area contributed by atoms with Gasteiger partial charge in [-0.05, 0) is 157 Å². The average Bonchev–Trinajstić information content (AvgIpc) is 3.59. The van der Waals surface area contributed by atoms with Gasteiger partial charge in [0.2, 0.25) is 0 Å². The molecule has 0 bridgehead atoms. The highest BCUT2D eigenvalue weighted by Crippen LogP contribution is 2.67. The largest absolute Gasteiger partial charge is 0.380 e. The number of likely N-dealkylation sites (N-methyl/N-ethyl adjacent to an activating group) is 1. The monoisotopic (exact) mass is 838 g/mol. The second kappa shape index (κ2) is 29.0. The van der Waals surface area contributed by atoms with Gasteiger partial charge < -0.3 is 19.1 Å². The van der Waals surface area contributed by atoms with Crippen LogP contribution in [-0.2, 0) is 14.2 Å². The number of fused-ring (bicyclic) bond motifs is 5. The normalized spacial score (nSPS) is 28.9. The Morgan fingerprint density at radius 2 is 1.27 bits per heavy atom. The first kappa shape index (κ1) is 51.9. The SMILES string of the molecule is CCCCCCCCC=CCCCCCCCCOC[C@H](COCCCCCCO[C@H]1CC[C@@]2(C)C(=CC[C@H]3[C@@H]4CC[C@H]([C@H](C)CCCC(C)C)[C@@]4(C)CC[C@@H]32)C1)N(C)C. The summed E-state index contributed by atoms with van der Waals surface area (Å²) in [6, 6.07) is 0.335. The van der Waals surface area contributed by atoms with E-state index < -0.39 is 0 Å². The molecule has 0 N–H and O–H groups in total. The van der Waals surface area contributed by atoms with Gasteiger partial charge in [0.1, 0.15) is 0 Å². The molecule has 0 heterocycles. The standard InChI is InChI=1S/C56H103NO3/c1-9-10-11-12-13-14-15-16-17-18-19-20-21-22-23-26-40-58-44-49(57(7)8)45-59-41-27-24-25-28-42-60-50-36-38-55(5)48(43-50)32-33-51-53-35-34-52(47(4)31-29-30-46(2)3)56(53,6)39-37-54(51)55/h16-17,32,46-47,49-54H,9-15,18-31,33-45H2,1-8H3/t47-,49-,50+,51+,52-,53+,54+,55+,56-/m1/s1. The number of allylic oxidation sites excluding steroid dienone is 3. The molecule has 350 valence electrons. The van der Waals surface area contributed by atoms with Crippen LogP contribution < -0.4 is 0 Å². The van der Waals surface area contributed by atoms with Crippen molar-refractivity contribution in [1.29, 1.82) is 0 Å². The number of unbranched alkanes of at least 4 members (excludes halogenated alkanes) is 15. The second-order valence-electron chi connectivity index (χ2n) is 22.1. The molecule has 60 heavy (non-hydrogen) atoms. The molecule has 0 saturated heterocycles. The maximum Gasteiger partial charge on any atom is 0.0644 e. The fourth-order valence-corrected chi connectivity index (χ4v) is 12.9. The van der Waals surface area contributed by atoms with Crippen molar-refractivity contribution in [2.24, 2.45) is 46.3 Å². The molecular formula is C56H103NO3. The zero-order valence-corrected chi connectivity index (χ0v) is 41.6. The zero-order valence-electron chi connectivity index (χ0n) is 41.6. The lowest BCUT2D eigenvalue weighted by Gasteiger charge is -2.58. The van der Waals surface area contributed by atoms with E-state index in [-0.39, 0.29) is 0 Å². The van der Waals surface area contributed by atoms with E-state index in [1.165, 1.54) is 180 Å². The van der Waals surface area contributed by atoms with Crippen LogP contribution in [0.15, 0.2) is 23.8 Å². The smallest absolute Gasteiger partial charge is 0.0644 e. The zero-order chi connectivity index (χ0) is 43.1. The molecule has 4 rings (SSSR count). The predicted molar refractivity (Wildman–Crippen MR) is 260 cm³/mol. The van der Waals surface area contributed by atoms with Crippen LogP contribution in [0.5, 0.6) is 0 Å². The Labute approximate surface area is 375 Å². The summed E-state index contributed by atoms with van der Waals surface area (Å²) in [5.41, 5.74) is 2.78. The van der Waals surface area contributed by atoms with Crippen LogP contribution in [-0.4, -0.2) is 64.2 Å². The van der Waals surface area contributed by atoms with Crippen LogP contribution in [0.3, 0.4) is 0 Å². The third-order valence-corrected chi connectivity index (χ3v) is 16.9. The third-order valence-electron chi connectivity index (χ3n) is 16.9. The third kappa shape index (κ3) is 17.0. The van der Waals surface area contributed by atoms with Crippen molar-refractivity contribution in [3.05, 3.63) is 23.8 Å². The van der Waals surface area contributed by atoms with E-state index in [0.717, 1.165) is 75.0 Å². The summed E-state index contributed by atoms with van der Waals surface area (Å²) in [6.07, 6.45) is 47.0. The van der Waals surface area contributed by atoms with Gasteiger partial charge in [-0.15, -0.1) is 0 Å². The Balaban J connectivity index is 0.976. The van der Waals surface area contributed by atoms with E-state index in [9.17, 15) is 0 Å². The quantitative estimate of drug-likeness (QED) is 0.0477. The van der Waals surface area contributed by atoms with Crippen molar-refractivity contribution in [3.8, 4) is 0 Å². The Bertz CT molecular complexity index is 1160. The van der Waals surface area contributed by atoms with Crippen LogP contribution in [0.25, 0.3) is 0 Å². The van der Waals surface area contributed by atoms with Gasteiger partial charge in [-0.2, -0.15) is 0 Å². The Kier molecular flexibility index (Phi) is 25.1. The molecule has 4 heteroatoms. The Morgan fingerprint density at radius 3 is 1.88 bits per heavy atom. The van der Waals surface area contributed by atoms with Gasteiger partial charge in [-0.3, -0.25) is 0 Å². The second-order valence-corrected chi connectivity index (χ2v) is 22.1. The molecule has 4 nitrogen and oxygen atoms in total. The highest BCUT2D eigenvalue weighted by molar-refractivity contribution is 5.25. The molecule has 0 spiro atoms. The molecule has 0 aromatic carbocycles. The minimum atomic E-state index is 0.335. The van der Waals surface area contributed by atoms with E-state index in [4.69, 9.17) is 14.2 Å². The molecule has 0 aromatic rings. The fourth-order valence-electron chi connectivity index (χ4n) is 12.9. The maximum atomic E-state index is 6.59. The summed E-state index contributed by atoms with van der Waals surface area (Å²) in [7, 11) is 4.31. The first-order valence-electron chi connectivity index (χ1n) is 26.9. The van der Waals surface area contributed by atoms with Crippen LogP contribution in [0.2, 0.25) is 0 Å². The predicted octanol–water partition coefficient (Wildman–Crippen LogP) is 16.0. The molecule has 3 fully saturated rings. The van der Waals surface area contributed by atoms with Crippen molar-refractivity contribution in [1.82, 2.24) is 4.90 Å². The topological polar surface area (TPSA) is 30.9 Å². The van der Waals surface area contributed by atoms with Gasteiger partial charge in [-0.25, -0.2) is 0 Å². The fraction of sp³-hybridized carbons (Fsp3) is 0.929. The molecular weight excluding hydrogens is 735 g/mol.